The van der Waals surface area contributed by atoms with Crippen LogP contribution in [0.5, 0.6) is 0 Å². The van der Waals surface area contributed by atoms with Gasteiger partial charge in [0.05, 0.1) is 21.2 Å². The molecule has 0 aliphatic rings. The van der Waals surface area contributed by atoms with Crippen LogP contribution >= 0.6 is 0 Å². The van der Waals surface area contributed by atoms with E-state index in [1.165, 1.54) is 59.9 Å². The first-order valence-corrected chi connectivity index (χ1v) is 34.1. The maximum Gasteiger partial charge on any atom is 0.323 e. The average Bonchev–Trinajstić information content (AvgIpc) is 1.07. The summed E-state index contributed by atoms with van der Waals surface area (Å²) in [5.41, 5.74) is 0.847. The first kappa shape index (κ1) is 65.1. The Morgan fingerprint density at radius 2 is 0.620 bits per heavy atom. The number of hydrogen-bond acceptors (Lipinski definition) is 17. The van der Waals surface area contributed by atoms with Gasteiger partial charge in [0.15, 0.2) is 0 Å². The molecule has 6 aromatic carbocycles. The fourth-order valence-corrected chi connectivity index (χ4v) is 14.2. The van der Waals surface area contributed by atoms with Crippen molar-refractivity contribution in [1.82, 2.24) is 18.3 Å². The molecule has 0 aliphatic heterocycles. The predicted molar refractivity (Wildman–Crippen MR) is 328 cm³/mol. The molecule has 0 saturated heterocycles. The van der Waals surface area contributed by atoms with Crippen LogP contribution < -0.4 is 31.9 Å². The number of nitrogens with zero attached hydrogens (tertiary/aromatic N) is 4. The lowest BCUT2D eigenvalue weighted by atomic mass is 10.1. The van der Waals surface area contributed by atoms with Crippen molar-refractivity contribution in [3.8, 4) is 0 Å². The van der Waals surface area contributed by atoms with E-state index in [0.29, 0.717) is 69.6 Å². The van der Waals surface area contributed by atoms with Crippen molar-refractivity contribution in [2.75, 3.05) is 31.9 Å². The van der Waals surface area contributed by atoms with Crippen molar-refractivity contribution in [3.05, 3.63) is 144 Å². The number of nitrogens with one attached hydrogen (secondary N) is 6. The van der Waals surface area contributed by atoms with Gasteiger partial charge in [-0.05, 0) is 109 Å². The number of aromatic nitrogens is 4. The van der Waals surface area contributed by atoms with Gasteiger partial charge < -0.3 is 50.2 Å². The van der Waals surface area contributed by atoms with Crippen LogP contribution in [0.2, 0.25) is 0 Å². The molecule has 12 N–H and O–H groups in total. The molecular formula is C53H44N10O23S6. The highest BCUT2D eigenvalue weighted by atomic mass is 32.2. The summed E-state index contributed by atoms with van der Waals surface area (Å²) in [6.07, 6.45) is 2.69. The SMILES string of the molecule is Cn1cc(NC(=O)c2cc3cc(NC(=O)Nc4ccc5c(c4)cc(C(=O)Nc4cc(C(=O)Nc6cc(S(=O)(=O)O)c7cc(S(=O)(=O)O)cc(S(=O)(=O)O)c7c6)n(C)c4)n5C)ccc3n2C)cc1C(=O)Nc1cc(S(=O)(=O)O)c2cc(S(=O)(=O)O)cc(S(=O)(=O)O)c2c1. The molecule has 0 spiro atoms. The number of urea groups is 1. The fraction of sp³-hybridized carbons (Fsp3) is 0.0755. The number of aryl methyl sites for hydroxylation is 4. The van der Waals surface area contributed by atoms with Crippen LogP contribution in [0.4, 0.5) is 38.9 Å². The molecular weight excluding hydrogens is 1340 g/mol. The van der Waals surface area contributed by atoms with Crippen molar-refractivity contribution >= 4 is 168 Å². The second-order valence-electron chi connectivity index (χ2n) is 20.4. The van der Waals surface area contributed by atoms with E-state index in [-0.39, 0.29) is 34.2 Å². The molecule has 4 aromatic heterocycles. The van der Waals surface area contributed by atoms with Gasteiger partial charge in [0.25, 0.3) is 84.3 Å². The molecule has 10 rings (SSSR count). The highest BCUT2D eigenvalue weighted by Crippen LogP contribution is 2.37. The number of carbonyl (C=O) groups is 5. The second kappa shape index (κ2) is 22.8. The quantitative estimate of drug-likeness (QED) is 0.0509. The third-order valence-electron chi connectivity index (χ3n) is 14.2. The molecule has 6 amide bonds. The summed E-state index contributed by atoms with van der Waals surface area (Å²) < 4.78 is 211. The zero-order valence-electron chi connectivity index (χ0n) is 46.9. The molecule has 0 saturated carbocycles. The Balaban J connectivity index is 0.793. The summed E-state index contributed by atoms with van der Waals surface area (Å²) in [6.45, 7) is 0. The number of rotatable bonds is 16. The Morgan fingerprint density at radius 3 is 0.946 bits per heavy atom. The van der Waals surface area contributed by atoms with Gasteiger partial charge in [-0.3, -0.25) is 46.5 Å². The van der Waals surface area contributed by atoms with Crippen LogP contribution in [0.25, 0.3) is 43.4 Å². The lowest BCUT2D eigenvalue weighted by Gasteiger charge is -2.13. The van der Waals surface area contributed by atoms with Gasteiger partial charge in [-0.25, -0.2) is 4.79 Å². The molecule has 480 valence electrons. The van der Waals surface area contributed by atoms with E-state index >= 15 is 0 Å². The van der Waals surface area contributed by atoms with Crippen molar-refractivity contribution in [1.29, 1.82) is 0 Å². The molecule has 0 atom stereocenters. The maximum atomic E-state index is 13.7. The molecule has 10 aromatic rings. The number of carbonyl (C=O) groups excluding carboxylic acids is 5. The van der Waals surface area contributed by atoms with Crippen molar-refractivity contribution in [2.45, 2.75) is 29.4 Å². The first-order chi connectivity index (χ1) is 42.5. The van der Waals surface area contributed by atoms with E-state index in [1.807, 2.05) is 0 Å². The minimum Gasteiger partial charge on any atom is -0.344 e. The summed E-state index contributed by atoms with van der Waals surface area (Å²) in [6, 6.07) is 19.2. The van der Waals surface area contributed by atoms with Crippen LogP contribution in [0.15, 0.2) is 151 Å². The summed E-state index contributed by atoms with van der Waals surface area (Å²) in [7, 11) is -25.7. The van der Waals surface area contributed by atoms with Gasteiger partial charge in [0.1, 0.15) is 42.4 Å². The monoisotopic (exact) mass is 1380 g/mol. The molecule has 0 bridgehead atoms. The highest BCUT2D eigenvalue weighted by Gasteiger charge is 2.30. The molecule has 33 nitrogen and oxygen atoms in total. The zero-order valence-corrected chi connectivity index (χ0v) is 51.8. The number of amides is 6. The van der Waals surface area contributed by atoms with E-state index in [2.05, 4.69) is 31.9 Å². The van der Waals surface area contributed by atoms with Crippen LogP contribution in [-0.4, -0.2) is 126 Å². The van der Waals surface area contributed by atoms with Gasteiger partial charge in [-0.2, -0.15) is 50.5 Å². The van der Waals surface area contributed by atoms with Crippen LogP contribution in [0, 0.1) is 0 Å². The second-order valence-corrected chi connectivity index (χ2v) is 28.8. The first-order valence-electron chi connectivity index (χ1n) is 25.5. The smallest absolute Gasteiger partial charge is 0.323 e. The third kappa shape index (κ3) is 13.0. The van der Waals surface area contributed by atoms with Crippen LogP contribution in [-0.2, 0) is 88.9 Å². The predicted octanol–water partition coefficient (Wildman–Crippen LogP) is 5.79. The van der Waals surface area contributed by atoms with Crippen LogP contribution in [0.1, 0.15) is 42.0 Å². The number of benzene rings is 6. The maximum absolute atomic E-state index is 13.7. The molecule has 39 heteroatoms. The van der Waals surface area contributed by atoms with E-state index in [9.17, 15) is 102 Å². The Hall–Kier alpha value is -9.91. The zero-order chi connectivity index (χ0) is 67.4. The van der Waals surface area contributed by atoms with Crippen molar-refractivity contribution in [2.24, 2.45) is 28.2 Å². The molecule has 0 unspecified atom stereocenters. The summed E-state index contributed by atoms with van der Waals surface area (Å²) in [5.74, 6) is -3.26. The summed E-state index contributed by atoms with van der Waals surface area (Å²) in [5, 5.41) is 13.6. The molecule has 0 fully saturated rings. The largest absolute Gasteiger partial charge is 0.344 e. The molecule has 0 radical (unpaired) electrons. The highest BCUT2D eigenvalue weighted by molar-refractivity contribution is 7.88. The van der Waals surface area contributed by atoms with Crippen LogP contribution in [0.3, 0.4) is 0 Å². The normalized spacial score (nSPS) is 12.5. The van der Waals surface area contributed by atoms with Gasteiger partial charge in [-0.15, -0.1) is 0 Å². The molecule has 4 heterocycles. The van der Waals surface area contributed by atoms with E-state index in [0.717, 1.165) is 12.1 Å². The number of anilines is 6. The lowest BCUT2D eigenvalue weighted by molar-refractivity contribution is 0.101. The van der Waals surface area contributed by atoms with Gasteiger partial charge in [0, 0.05) is 107 Å². The van der Waals surface area contributed by atoms with Gasteiger partial charge in [0.2, 0.25) is 0 Å². The Kier molecular flexibility index (Phi) is 16.1. The summed E-state index contributed by atoms with van der Waals surface area (Å²) >= 11 is 0. The third-order valence-corrected chi connectivity index (χ3v) is 19.5. The van der Waals surface area contributed by atoms with Gasteiger partial charge >= 0.3 is 6.03 Å². The minimum absolute atomic E-state index is 0.0817. The topological polar surface area (TPSA) is 503 Å². The summed E-state index contributed by atoms with van der Waals surface area (Å²) in [4.78, 5) is 61.1. The number of fused-ring (bicyclic) bond motifs is 4. The van der Waals surface area contributed by atoms with E-state index in [4.69, 9.17) is 0 Å². The fourth-order valence-electron chi connectivity index (χ4n) is 10.1. The van der Waals surface area contributed by atoms with Crippen molar-refractivity contribution in [3.63, 3.8) is 0 Å². The van der Waals surface area contributed by atoms with Crippen molar-refractivity contribution < 1.29 is 102 Å². The standard InChI is InChI=1S/C53H44N10O23S6/c1-60-23-31(15-41(60)49(64)54-29-13-35-37(45(17-29)89(75,76)77)19-33(87(69,70)71)21-47(35)91(81,82)83)56-51(66)43-11-25-9-27(5-7-39(25)62(43)3)58-53(68)59-28-6-8-40-26(10-28)12-44(63(40)4)52(67)57-32-16-42(61(2)24-32)50(65)55-30-14-36-38(46(18-30)90(78,79)80)20-34(88(72,73)74)22-48(36)92(84,85)86/h5-24H,1-4H3,(H,54,64)(H,55,65)(H,56,66)(H,57,67)(H2,58,59,68)(H,69,70,71)(H,72,73,74)(H,75,76,77)(H,78,79,80)(H,81,82,83)(H,84,85,86). The Bertz CT molecular complexity index is 5350. The Labute approximate surface area is 518 Å². The Morgan fingerprint density at radius 1 is 0.315 bits per heavy atom. The van der Waals surface area contributed by atoms with E-state index in [1.54, 1.807) is 59.6 Å². The minimum atomic E-state index is -5.34. The van der Waals surface area contributed by atoms with Gasteiger partial charge in [-0.1, -0.05) is 0 Å². The number of hydrogen-bond donors (Lipinski definition) is 12. The average molecular weight is 1380 g/mol. The van der Waals surface area contributed by atoms with E-state index < -0.39 is 153 Å². The molecule has 0 aliphatic carbocycles. The molecule has 92 heavy (non-hydrogen) atoms. The lowest BCUT2D eigenvalue weighted by Crippen LogP contribution is -2.19.